The standard InChI is InChI=1S/C28H27N3O3/c1-34-15-7-14-30-17-25(32)31-24(28(30)33)16-22-20-11-4-5-13-23(20)29-26(22)27(31)21-12-6-9-18-8-2-3-10-19(18)21/h2-6,8-13,24,27,29H,7,14-17H2,1H3/t24-,27-/m0/s1. The number of carbonyl (C=O) groups is 2. The average Bonchev–Trinajstić information content (AvgIpc) is 3.24. The number of aromatic amines is 1. The number of benzene rings is 3. The Balaban J connectivity index is 1.53. The van der Waals surface area contributed by atoms with Gasteiger partial charge >= 0.3 is 0 Å². The normalized spacial score (nSPS) is 20.1. The van der Waals surface area contributed by atoms with Crippen molar-refractivity contribution in [2.75, 3.05) is 26.8 Å². The summed E-state index contributed by atoms with van der Waals surface area (Å²) in [6, 6.07) is 21.8. The Morgan fingerprint density at radius 2 is 1.74 bits per heavy atom. The summed E-state index contributed by atoms with van der Waals surface area (Å²) < 4.78 is 5.16. The topological polar surface area (TPSA) is 65.6 Å². The Morgan fingerprint density at radius 3 is 2.59 bits per heavy atom. The summed E-state index contributed by atoms with van der Waals surface area (Å²) in [6.45, 7) is 1.20. The average molecular weight is 454 g/mol. The van der Waals surface area contributed by atoms with Crippen LogP contribution in [0.15, 0.2) is 66.7 Å². The molecule has 0 radical (unpaired) electrons. The first-order valence-electron chi connectivity index (χ1n) is 11.8. The van der Waals surface area contributed by atoms with E-state index in [1.165, 1.54) is 0 Å². The Kier molecular flexibility index (Phi) is 5.11. The van der Waals surface area contributed by atoms with Gasteiger partial charge in [0.2, 0.25) is 11.8 Å². The number of hydrogen-bond acceptors (Lipinski definition) is 3. The molecule has 1 aromatic heterocycles. The third-order valence-electron chi connectivity index (χ3n) is 7.24. The lowest BCUT2D eigenvalue weighted by Crippen LogP contribution is -2.63. The van der Waals surface area contributed by atoms with Crippen molar-refractivity contribution in [2.24, 2.45) is 0 Å². The van der Waals surface area contributed by atoms with Crippen LogP contribution in [0.2, 0.25) is 0 Å². The zero-order valence-corrected chi connectivity index (χ0v) is 19.2. The van der Waals surface area contributed by atoms with E-state index in [-0.39, 0.29) is 24.4 Å². The molecule has 0 unspecified atom stereocenters. The molecule has 2 atom stereocenters. The maximum Gasteiger partial charge on any atom is 0.246 e. The minimum atomic E-state index is -0.514. The number of methoxy groups -OCH3 is 1. The molecule has 0 bridgehead atoms. The van der Waals surface area contributed by atoms with Gasteiger partial charge in [-0.25, -0.2) is 0 Å². The van der Waals surface area contributed by atoms with Gasteiger partial charge in [-0.05, 0) is 34.4 Å². The summed E-state index contributed by atoms with van der Waals surface area (Å²) in [5.74, 6) is 0.0149. The van der Waals surface area contributed by atoms with Gasteiger partial charge in [-0.3, -0.25) is 9.59 Å². The number of H-pyrrole nitrogens is 1. The molecule has 3 aromatic carbocycles. The molecule has 4 aromatic rings. The second kappa shape index (κ2) is 8.29. The predicted octanol–water partition coefficient (Wildman–Crippen LogP) is 4.04. The monoisotopic (exact) mass is 453 g/mol. The van der Waals surface area contributed by atoms with Crippen LogP contribution in [-0.2, 0) is 20.7 Å². The van der Waals surface area contributed by atoms with Crippen LogP contribution in [0.5, 0.6) is 0 Å². The number of rotatable bonds is 5. The number of ether oxygens (including phenoxy) is 1. The van der Waals surface area contributed by atoms with Crippen molar-refractivity contribution in [1.82, 2.24) is 14.8 Å². The van der Waals surface area contributed by atoms with Crippen LogP contribution in [-0.4, -0.2) is 59.4 Å². The number of amides is 2. The summed E-state index contributed by atoms with van der Waals surface area (Å²) in [7, 11) is 1.65. The van der Waals surface area contributed by atoms with E-state index in [0.29, 0.717) is 26.0 Å². The second-order valence-corrected chi connectivity index (χ2v) is 9.16. The minimum absolute atomic E-state index is 0.00995. The lowest BCUT2D eigenvalue weighted by Gasteiger charge is -2.47. The van der Waals surface area contributed by atoms with Gasteiger partial charge in [-0.2, -0.15) is 0 Å². The molecular formula is C28H27N3O3. The third kappa shape index (κ3) is 3.21. The molecule has 1 N–H and O–H groups in total. The van der Waals surface area contributed by atoms with Crippen LogP contribution < -0.4 is 0 Å². The summed E-state index contributed by atoms with van der Waals surface area (Å²) in [4.78, 5) is 34.5. The molecule has 6 rings (SSSR count). The van der Waals surface area contributed by atoms with E-state index in [4.69, 9.17) is 4.74 Å². The van der Waals surface area contributed by atoms with Gasteiger partial charge in [-0.15, -0.1) is 0 Å². The lowest BCUT2D eigenvalue weighted by molar-refractivity contribution is -0.158. The largest absolute Gasteiger partial charge is 0.385 e. The highest BCUT2D eigenvalue weighted by Gasteiger charge is 2.48. The van der Waals surface area contributed by atoms with Crippen LogP contribution >= 0.6 is 0 Å². The Morgan fingerprint density at radius 1 is 0.971 bits per heavy atom. The molecule has 2 amide bonds. The van der Waals surface area contributed by atoms with Gasteiger partial charge in [0.15, 0.2) is 0 Å². The molecule has 34 heavy (non-hydrogen) atoms. The van der Waals surface area contributed by atoms with E-state index in [1.54, 1.807) is 12.0 Å². The van der Waals surface area contributed by atoms with Crippen LogP contribution in [0, 0.1) is 0 Å². The smallest absolute Gasteiger partial charge is 0.246 e. The SMILES string of the molecule is COCCCN1CC(=O)N2[C@@H](c3cccc4ccccc34)c3[nH]c4ccccc4c3C[C@H]2C1=O. The van der Waals surface area contributed by atoms with Gasteiger partial charge < -0.3 is 19.5 Å². The van der Waals surface area contributed by atoms with E-state index >= 15 is 0 Å². The van der Waals surface area contributed by atoms with Gasteiger partial charge in [0.05, 0.1) is 12.6 Å². The number of carbonyl (C=O) groups excluding carboxylic acids is 2. The fraction of sp³-hybridized carbons (Fsp3) is 0.286. The molecule has 2 aliphatic rings. The third-order valence-corrected chi connectivity index (χ3v) is 7.24. The summed E-state index contributed by atoms with van der Waals surface area (Å²) in [5, 5.41) is 3.35. The molecule has 3 heterocycles. The number of nitrogens with zero attached hydrogens (tertiary/aromatic N) is 2. The van der Waals surface area contributed by atoms with Gasteiger partial charge in [0.1, 0.15) is 6.04 Å². The summed E-state index contributed by atoms with van der Waals surface area (Å²) in [5.41, 5.74) is 4.23. The van der Waals surface area contributed by atoms with Crippen LogP contribution in [0.4, 0.5) is 0 Å². The highest BCUT2D eigenvalue weighted by atomic mass is 16.5. The fourth-order valence-corrected chi connectivity index (χ4v) is 5.73. The van der Waals surface area contributed by atoms with Crippen molar-refractivity contribution in [2.45, 2.75) is 24.9 Å². The Bertz CT molecular complexity index is 1400. The molecule has 6 nitrogen and oxygen atoms in total. The first kappa shape index (κ1) is 20.9. The minimum Gasteiger partial charge on any atom is -0.385 e. The zero-order chi connectivity index (χ0) is 23.2. The van der Waals surface area contributed by atoms with Crippen LogP contribution in [0.3, 0.4) is 0 Å². The predicted molar refractivity (Wildman–Crippen MR) is 132 cm³/mol. The Hall–Kier alpha value is -3.64. The molecular weight excluding hydrogens is 426 g/mol. The van der Waals surface area contributed by atoms with Crippen LogP contribution in [0.25, 0.3) is 21.7 Å². The van der Waals surface area contributed by atoms with Crippen LogP contribution in [0.1, 0.15) is 29.3 Å². The highest BCUT2D eigenvalue weighted by Crippen LogP contribution is 2.44. The molecule has 6 heteroatoms. The molecule has 172 valence electrons. The first-order chi connectivity index (χ1) is 16.7. The van der Waals surface area contributed by atoms with E-state index in [9.17, 15) is 9.59 Å². The highest BCUT2D eigenvalue weighted by molar-refractivity contribution is 5.98. The summed E-state index contributed by atoms with van der Waals surface area (Å²) in [6.07, 6.45) is 1.24. The van der Waals surface area contributed by atoms with Gasteiger partial charge in [0, 0.05) is 43.3 Å². The number of nitrogens with one attached hydrogen (secondary N) is 1. The number of fused-ring (bicyclic) bond motifs is 5. The molecule has 1 saturated heterocycles. The molecule has 1 fully saturated rings. The number of piperazine rings is 1. The first-order valence-corrected chi connectivity index (χ1v) is 11.8. The van der Waals surface area contributed by atoms with E-state index in [0.717, 1.165) is 38.5 Å². The van der Waals surface area contributed by atoms with E-state index in [1.807, 2.05) is 35.2 Å². The molecule has 0 saturated carbocycles. The zero-order valence-electron chi connectivity index (χ0n) is 19.2. The van der Waals surface area contributed by atoms with Crippen molar-refractivity contribution in [3.63, 3.8) is 0 Å². The van der Waals surface area contributed by atoms with E-state index in [2.05, 4.69) is 41.4 Å². The number of para-hydroxylation sites is 1. The van der Waals surface area contributed by atoms with Crippen molar-refractivity contribution < 1.29 is 14.3 Å². The van der Waals surface area contributed by atoms with Crippen molar-refractivity contribution in [1.29, 1.82) is 0 Å². The Labute approximate surface area is 198 Å². The fourth-order valence-electron chi connectivity index (χ4n) is 5.73. The van der Waals surface area contributed by atoms with Crippen molar-refractivity contribution >= 4 is 33.5 Å². The van der Waals surface area contributed by atoms with Crippen molar-refractivity contribution in [3.05, 3.63) is 83.6 Å². The lowest BCUT2D eigenvalue weighted by atomic mass is 9.84. The molecule has 2 aliphatic heterocycles. The quantitative estimate of drug-likeness (QED) is 0.464. The van der Waals surface area contributed by atoms with Gasteiger partial charge in [-0.1, -0.05) is 60.7 Å². The van der Waals surface area contributed by atoms with E-state index < -0.39 is 6.04 Å². The maximum absolute atomic E-state index is 13.7. The molecule has 0 aliphatic carbocycles. The maximum atomic E-state index is 13.7. The van der Waals surface area contributed by atoms with Gasteiger partial charge in [0.25, 0.3) is 0 Å². The summed E-state index contributed by atoms with van der Waals surface area (Å²) >= 11 is 0. The second-order valence-electron chi connectivity index (χ2n) is 9.16. The number of aromatic nitrogens is 1. The molecule has 0 spiro atoms. The van der Waals surface area contributed by atoms with Crippen molar-refractivity contribution in [3.8, 4) is 0 Å². The number of hydrogen-bond donors (Lipinski definition) is 1.